The number of ether oxygens (including phenoxy) is 1. The van der Waals surface area contributed by atoms with Crippen LogP contribution in [0.1, 0.15) is 25.3 Å². The van der Waals surface area contributed by atoms with E-state index in [-0.39, 0.29) is 0 Å². The molecule has 1 aromatic rings. The molecule has 100 valence electrons. The molecule has 4 heteroatoms. The Balaban J connectivity index is 2.18. The summed E-state index contributed by atoms with van der Waals surface area (Å²) in [5.74, 6) is 0. The molecule has 0 aromatic heterocycles. The second kappa shape index (κ2) is 6.41. The van der Waals surface area contributed by atoms with Gasteiger partial charge in [0.25, 0.3) is 0 Å². The van der Waals surface area contributed by atoms with Gasteiger partial charge >= 0.3 is 0 Å². The molecule has 1 aromatic carbocycles. The van der Waals surface area contributed by atoms with Crippen molar-refractivity contribution in [1.82, 2.24) is 0 Å². The maximum Gasteiger partial charge on any atom is 0.0750 e. The fourth-order valence-corrected chi connectivity index (χ4v) is 2.72. The highest BCUT2D eigenvalue weighted by atomic mass is 35.5. The van der Waals surface area contributed by atoms with Crippen molar-refractivity contribution in [3.63, 3.8) is 0 Å². The summed E-state index contributed by atoms with van der Waals surface area (Å²) in [6, 6.07) is 5.97. The van der Waals surface area contributed by atoms with E-state index in [9.17, 15) is 0 Å². The van der Waals surface area contributed by atoms with E-state index in [0.29, 0.717) is 12.6 Å². The maximum atomic E-state index is 6.21. The second-order valence-electron chi connectivity index (χ2n) is 4.62. The summed E-state index contributed by atoms with van der Waals surface area (Å²) in [6.45, 7) is 5.37. The molecule has 1 unspecified atom stereocenters. The molecule has 18 heavy (non-hydrogen) atoms. The maximum absolute atomic E-state index is 6.21. The van der Waals surface area contributed by atoms with Crippen LogP contribution in [0.25, 0.3) is 0 Å². The van der Waals surface area contributed by atoms with Crippen LogP contribution < -0.4 is 10.6 Å². The Kier molecular flexibility index (Phi) is 4.87. The quantitative estimate of drug-likeness (QED) is 0.893. The Hall–Kier alpha value is -0.770. The Morgan fingerprint density at radius 2 is 2.33 bits per heavy atom. The average molecular weight is 269 g/mol. The number of anilines is 1. The molecule has 1 aliphatic rings. The predicted molar refractivity (Wildman–Crippen MR) is 76.2 cm³/mol. The number of likely N-dealkylation sites (N-methyl/N-ethyl adjacent to an activating group) is 1. The number of hydrogen-bond donors (Lipinski definition) is 1. The molecule has 0 saturated carbocycles. The van der Waals surface area contributed by atoms with Gasteiger partial charge in [0.05, 0.1) is 6.10 Å². The van der Waals surface area contributed by atoms with Gasteiger partial charge in [-0.3, -0.25) is 0 Å². The van der Waals surface area contributed by atoms with E-state index in [4.69, 9.17) is 22.1 Å². The van der Waals surface area contributed by atoms with Crippen molar-refractivity contribution in [2.24, 2.45) is 5.73 Å². The predicted octanol–water partition coefficient (Wildman–Crippen LogP) is 2.80. The number of nitrogens with zero attached hydrogens (tertiary/aromatic N) is 1. The Morgan fingerprint density at radius 1 is 1.50 bits per heavy atom. The molecule has 3 nitrogen and oxygen atoms in total. The molecule has 0 aliphatic carbocycles. The van der Waals surface area contributed by atoms with Gasteiger partial charge in [0.15, 0.2) is 0 Å². The van der Waals surface area contributed by atoms with Crippen LogP contribution in [0, 0.1) is 0 Å². The van der Waals surface area contributed by atoms with Gasteiger partial charge < -0.3 is 15.4 Å². The monoisotopic (exact) mass is 268 g/mol. The molecule has 0 radical (unpaired) electrons. The molecule has 1 fully saturated rings. The van der Waals surface area contributed by atoms with Crippen molar-refractivity contribution in [2.45, 2.75) is 32.4 Å². The molecular weight excluding hydrogens is 248 g/mol. The van der Waals surface area contributed by atoms with E-state index >= 15 is 0 Å². The number of nitrogens with two attached hydrogens (primary N) is 1. The fourth-order valence-electron chi connectivity index (χ4n) is 2.48. The first-order chi connectivity index (χ1) is 8.76. The van der Waals surface area contributed by atoms with Crippen LogP contribution in [0.15, 0.2) is 18.2 Å². The number of hydrogen-bond acceptors (Lipinski definition) is 3. The first-order valence-electron chi connectivity index (χ1n) is 6.60. The van der Waals surface area contributed by atoms with E-state index < -0.39 is 0 Å². The smallest absolute Gasteiger partial charge is 0.0750 e. The van der Waals surface area contributed by atoms with E-state index in [0.717, 1.165) is 42.4 Å². The van der Waals surface area contributed by atoms with Crippen molar-refractivity contribution in [2.75, 3.05) is 24.6 Å². The number of benzene rings is 1. The lowest BCUT2D eigenvalue weighted by Crippen LogP contribution is -2.33. The summed E-state index contributed by atoms with van der Waals surface area (Å²) in [4.78, 5) is 2.31. The second-order valence-corrected chi connectivity index (χ2v) is 5.02. The van der Waals surface area contributed by atoms with Gasteiger partial charge in [-0.2, -0.15) is 0 Å². The van der Waals surface area contributed by atoms with Crippen molar-refractivity contribution < 1.29 is 4.74 Å². The van der Waals surface area contributed by atoms with Gasteiger partial charge in [-0.15, -0.1) is 0 Å². The SMILES string of the molecule is CCN(CC1CCCO1)c1cccc(Cl)c1CN. The van der Waals surface area contributed by atoms with Crippen molar-refractivity contribution in [3.8, 4) is 0 Å². The zero-order valence-electron chi connectivity index (χ0n) is 10.9. The van der Waals surface area contributed by atoms with E-state index in [1.165, 1.54) is 6.42 Å². The summed E-state index contributed by atoms with van der Waals surface area (Å²) in [6.07, 6.45) is 2.66. The van der Waals surface area contributed by atoms with E-state index in [2.05, 4.69) is 17.9 Å². The largest absolute Gasteiger partial charge is 0.376 e. The molecular formula is C14H21ClN2O. The van der Waals surface area contributed by atoms with E-state index in [1.807, 2.05) is 12.1 Å². The van der Waals surface area contributed by atoms with Crippen LogP contribution in [0.4, 0.5) is 5.69 Å². The molecule has 1 heterocycles. The Bertz CT molecular complexity index is 391. The highest BCUT2D eigenvalue weighted by molar-refractivity contribution is 6.31. The minimum atomic E-state index is 0.342. The summed E-state index contributed by atoms with van der Waals surface area (Å²) in [5, 5.41) is 0.751. The molecule has 2 N–H and O–H groups in total. The van der Waals surface area contributed by atoms with Crippen LogP contribution in [0.2, 0.25) is 5.02 Å². The normalized spacial score (nSPS) is 19.2. The van der Waals surface area contributed by atoms with Crippen LogP contribution in [0.3, 0.4) is 0 Å². The van der Waals surface area contributed by atoms with Gasteiger partial charge in [0, 0.05) is 42.5 Å². The van der Waals surface area contributed by atoms with Crippen molar-refractivity contribution >= 4 is 17.3 Å². The molecule has 1 saturated heterocycles. The van der Waals surface area contributed by atoms with Gasteiger partial charge in [-0.1, -0.05) is 17.7 Å². The third kappa shape index (κ3) is 2.97. The molecule has 0 amide bonds. The first-order valence-corrected chi connectivity index (χ1v) is 6.98. The molecule has 0 spiro atoms. The average Bonchev–Trinajstić information content (AvgIpc) is 2.88. The van der Waals surface area contributed by atoms with Gasteiger partial charge in [0.1, 0.15) is 0 Å². The topological polar surface area (TPSA) is 38.5 Å². The zero-order chi connectivity index (χ0) is 13.0. The minimum Gasteiger partial charge on any atom is -0.376 e. The van der Waals surface area contributed by atoms with E-state index in [1.54, 1.807) is 0 Å². The third-order valence-electron chi connectivity index (χ3n) is 3.47. The van der Waals surface area contributed by atoms with Gasteiger partial charge in [0.2, 0.25) is 0 Å². The zero-order valence-corrected chi connectivity index (χ0v) is 11.6. The van der Waals surface area contributed by atoms with Crippen LogP contribution in [0.5, 0.6) is 0 Å². The highest BCUT2D eigenvalue weighted by Gasteiger charge is 2.20. The summed E-state index contributed by atoms with van der Waals surface area (Å²) in [7, 11) is 0. The fraction of sp³-hybridized carbons (Fsp3) is 0.571. The molecule has 2 rings (SSSR count). The van der Waals surface area contributed by atoms with Gasteiger partial charge in [-0.05, 0) is 31.9 Å². The lowest BCUT2D eigenvalue weighted by atomic mass is 10.1. The third-order valence-corrected chi connectivity index (χ3v) is 3.82. The molecule has 1 aliphatic heterocycles. The van der Waals surface area contributed by atoms with Crippen LogP contribution in [-0.2, 0) is 11.3 Å². The number of rotatable bonds is 5. The Labute approximate surface area is 114 Å². The van der Waals surface area contributed by atoms with Crippen molar-refractivity contribution in [3.05, 3.63) is 28.8 Å². The Morgan fingerprint density at radius 3 is 2.94 bits per heavy atom. The minimum absolute atomic E-state index is 0.342. The first kappa shape index (κ1) is 13.7. The lowest BCUT2D eigenvalue weighted by molar-refractivity contribution is 0.115. The lowest BCUT2D eigenvalue weighted by Gasteiger charge is -2.28. The number of halogens is 1. The summed E-state index contributed by atoms with van der Waals surface area (Å²) < 4.78 is 5.70. The molecule has 0 bridgehead atoms. The van der Waals surface area contributed by atoms with Crippen LogP contribution in [-0.4, -0.2) is 25.8 Å². The summed E-state index contributed by atoms with van der Waals surface area (Å²) in [5.41, 5.74) is 7.98. The van der Waals surface area contributed by atoms with Crippen molar-refractivity contribution in [1.29, 1.82) is 0 Å². The van der Waals surface area contributed by atoms with Crippen LogP contribution >= 0.6 is 11.6 Å². The standard InChI is InChI=1S/C14H21ClN2O/c1-2-17(10-11-5-4-8-18-11)14-7-3-6-13(15)12(14)9-16/h3,6-7,11H,2,4-5,8-10,16H2,1H3. The molecule has 1 atom stereocenters. The highest BCUT2D eigenvalue weighted by Crippen LogP contribution is 2.28. The van der Waals surface area contributed by atoms with Gasteiger partial charge in [-0.25, -0.2) is 0 Å². The summed E-state index contributed by atoms with van der Waals surface area (Å²) >= 11 is 6.21.